The second kappa shape index (κ2) is 5.44. The van der Waals surface area contributed by atoms with Crippen molar-refractivity contribution in [3.63, 3.8) is 0 Å². The van der Waals surface area contributed by atoms with Crippen LogP contribution in [0.1, 0.15) is 36.7 Å². The topological polar surface area (TPSA) is 66.2 Å². The summed E-state index contributed by atoms with van der Waals surface area (Å²) >= 11 is 0. The van der Waals surface area contributed by atoms with Gasteiger partial charge < -0.3 is 10.2 Å². The zero-order chi connectivity index (χ0) is 17.6. The number of rotatable bonds is 3. The molecule has 1 aliphatic carbocycles. The van der Waals surface area contributed by atoms with Crippen LogP contribution in [0.2, 0.25) is 0 Å². The van der Waals surface area contributed by atoms with Crippen LogP contribution in [-0.4, -0.2) is 25.8 Å². The van der Waals surface area contributed by atoms with Gasteiger partial charge in [0, 0.05) is 17.3 Å². The minimum absolute atomic E-state index is 0.0247. The Morgan fingerprint density at radius 3 is 2.42 bits per heavy atom. The van der Waals surface area contributed by atoms with Crippen molar-refractivity contribution in [1.29, 1.82) is 0 Å². The number of aliphatic hydroxyl groups is 1. The van der Waals surface area contributed by atoms with Gasteiger partial charge in [-0.25, -0.2) is 0 Å². The van der Waals surface area contributed by atoms with Crippen LogP contribution in [-0.2, 0) is 18.0 Å². The Kier molecular flexibility index (Phi) is 3.79. The van der Waals surface area contributed by atoms with Gasteiger partial charge in [-0.3, -0.25) is 9.97 Å². The molecule has 0 aliphatic heterocycles. The quantitative estimate of drug-likeness (QED) is 0.902. The van der Waals surface area contributed by atoms with Gasteiger partial charge in [0.25, 0.3) is 0 Å². The average Bonchev–Trinajstić information content (AvgIpc) is 2.47. The van der Waals surface area contributed by atoms with Crippen LogP contribution in [0.5, 0.6) is 5.75 Å². The molecule has 2 heterocycles. The number of pyridine rings is 2. The maximum absolute atomic E-state index is 12.9. The fraction of sp³-hybridized carbons (Fsp3) is 0.412. The van der Waals surface area contributed by atoms with E-state index in [1.807, 2.05) is 0 Å². The first-order chi connectivity index (χ1) is 11.1. The zero-order valence-electron chi connectivity index (χ0n) is 13.0. The molecule has 0 unspecified atom stereocenters. The highest BCUT2D eigenvalue weighted by molar-refractivity contribution is 5.35. The fourth-order valence-electron chi connectivity index (χ4n) is 3.62. The van der Waals surface area contributed by atoms with Gasteiger partial charge in [-0.2, -0.15) is 13.2 Å². The summed E-state index contributed by atoms with van der Waals surface area (Å²) in [6.45, 7) is 1.67. The van der Waals surface area contributed by atoms with Crippen LogP contribution in [0.25, 0.3) is 0 Å². The van der Waals surface area contributed by atoms with E-state index >= 15 is 0 Å². The largest absolute Gasteiger partial charge is 0.506 e. The van der Waals surface area contributed by atoms with E-state index in [1.165, 1.54) is 12.3 Å². The van der Waals surface area contributed by atoms with Crippen LogP contribution < -0.4 is 0 Å². The summed E-state index contributed by atoms with van der Waals surface area (Å²) in [7, 11) is 0. The Morgan fingerprint density at radius 2 is 1.88 bits per heavy atom. The molecule has 0 atom stereocenters. The zero-order valence-corrected chi connectivity index (χ0v) is 13.0. The molecule has 7 heteroatoms. The number of aromatic hydroxyl groups is 1. The lowest BCUT2D eigenvalue weighted by molar-refractivity contribution is -0.141. The van der Waals surface area contributed by atoms with Crippen LogP contribution >= 0.6 is 0 Å². The summed E-state index contributed by atoms with van der Waals surface area (Å²) in [6, 6.07) is 5.73. The van der Waals surface area contributed by atoms with E-state index in [0.29, 0.717) is 30.5 Å². The second-order valence-corrected chi connectivity index (χ2v) is 6.74. The number of hydrogen-bond acceptors (Lipinski definition) is 4. The van der Waals surface area contributed by atoms with E-state index < -0.39 is 22.9 Å². The summed E-state index contributed by atoms with van der Waals surface area (Å²) < 4.78 is 38.8. The maximum Gasteiger partial charge on any atom is 0.433 e. The number of alkyl halides is 3. The van der Waals surface area contributed by atoms with Crippen molar-refractivity contribution in [3.05, 3.63) is 53.6 Å². The Morgan fingerprint density at radius 1 is 1.17 bits per heavy atom. The van der Waals surface area contributed by atoms with Crippen LogP contribution in [0.4, 0.5) is 13.2 Å². The molecule has 2 N–H and O–H groups in total. The highest BCUT2D eigenvalue weighted by Gasteiger charge is 2.52. The third kappa shape index (κ3) is 3.21. The Bertz CT molecular complexity index is 734. The van der Waals surface area contributed by atoms with E-state index in [0.717, 1.165) is 12.3 Å². The van der Waals surface area contributed by atoms with Crippen LogP contribution in [0.3, 0.4) is 0 Å². The predicted octanol–water partition coefficient (Wildman–Crippen LogP) is 3.23. The van der Waals surface area contributed by atoms with Crippen molar-refractivity contribution in [2.45, 2.75) is 43.4 Å². The minimum Gasteiger partial charge on any atom is -0.506 e. The Hall–Kier alpha value is -2.15. The maximum atomic E-state index is 12.9. The van der Waals surface area contributed by atoms with Gasteiger partial charge in [-0.15, -0.1) is 0 Å². The first kappa shape index (κ1) is 16.7. The van der Waals surface area contributed by atoms with Gasteiger partial charge in [-0.1, -0.05) is 0 Å². The molecular weight excluding hydrogens is 321 g/mol. The molecule has 4 nitrogen and oxygen atoms in total. The summed E-state index contributed by atoms with van der Waals surface area (Å²) in [6.07, 6.45) is -1.01. The first-order valence-corrected chi connectivity index (χ1v) is 7.50. The highest BCUT2D eigenvalue weighted by atomic mass is 19.4. The van der Waals surface area contributed by atoms with E-state index in [9.17, 15) is 23.4 Å². The number of nitrogens with zero attached hydrogens (tertiary/aromatic N) is 2. The van der Waals surface area contributed by atoms with Crippen molar-refractivity contribution in [2.75, 3.05) is 0 Å². The monoisotopic (exact) mass is 338 g/mol. The second-order valence-electron chi connectivity index (χ2n) is 6.74. The third-order valence-corrected chi connectivity index (χ3v) is 4.43. The van der Waals surface area contributed by atoms with Crippen molar-refractivity contribution in [2.24, 2.45) is 0 Å². The summed E-state index contributed by atoms with van der Waals surface area (Å²) in [4.78, 5) is 7.52. The Labute approximate surface area is 137 Å². The molecule has 3 rings (SSSR count). The summed E-state index contributed by atoms with van der Waals surface area (Å²) in [5.74, 6) is 0.0247. The molecule has 1 aliphatic rings. The highest BCUT2D eigenvalue weighted by Crippen LogP contribution is 2.52. The fourth-order valence-corrected chi connectivity index (χ4v) is 3.62. The average molecular weight is 338 g/mol. The van der Waals surface area contributed by atoms with E-state index in [2.05, 4.69) is 9.97 Å². The van der Waals surface area contributed by atoms with Gasteiger partial charge in [0.15, 0.2) is 0 Å². The lowest BCUT2D eigenvalue weighted by Crippen LogP contribution is -2.54. The van der Waals surface area contributed by atoms with Crippen molar-refractivity contribution >= 4 is 0 Å². The molecule has 0 radical (unpaired) electrons. The van der Waals surface area contributed by atoms with Gasteiger partial charge >= 0.3 is 6.18 Å². The molecule has 0 saturated heterocycles. The standard InChI is InChI=1S/C17H17F3N2O2/c1-15(24)9-16(10-15,7-12-2-3-13(23)8-22-12)11-4-5-21-14(6-11)17(18,19)20/h2-6,8,23-24H,7,9-10H2,1H3/t15-,16-. The lowest BCUT2D eigenvalue weighted by atomic mass is 9.55. The molecule has 1 fully saturated rings. The minimum atomic E-state index is -4.51. The number of aromatic nitrogens is 2. The van der Waals surface area contributed by atoms with Crippen molar-refractivity contribution in [3.8, 4) is 5.75 Å². The van der Waals surface area contributed by atoms with Gasteiger partial charge in [-0.05, 0) is 56.0 Å². The van der Waals surface area contributed by atoms with Crippen molar-refractivity contribution in [1.82, 2.24) is 9.97 Å². The summed E-state index contributed by atoms with van der Waals surface area (Å²) in [5, 5.41) is 19.5. The van der Waals surface area contributed by atoms with Crippen molar-refractivity contribution < 1.29 is 23.4 Å². The van der Waals surface area contributed by atoms with E-state index in [1.54, 1.807) is 19.1 Å². The number of halogens is 3. The SMILES string of the molecule is C[C@]1(O)C[C@](Cc2ccc(O)cn2)(c2ccnc(C(F)(F)F)c2)C1. The molecule has 128 valence electrons. The molecule has 0 amide bonds. The molecule has 1 saturated carbocycles. The van der Waals surface area contributed by atoms with Gasteiger partial charge in [0.05, 0.1) is 11.8 Å². The molecule has 0 aromatic carbocycles. The lowest BCUT2D eigenvalue weighted by Gasteiger charge is -2.52. The van der Waals surface area contributed by atoms with Crippen LogP contribution in [0, 0.1) is 0 Å². The number of hydrogen-bond donors (Lipinski definition) is 2. The van der Waals surface area contributed by atoms with Gasteiger partial charge in [0.1, 0.15) is 11.4 Å². The predicted molar refractivity (Wildman–Crippen MR) is 80.4 cm³/mol. The molecule has 2 aromatic rings. The molecule has 2 aromatic heterocycles. The normalized spacial score (nSPS) is 26.9. The molecule has 0 spiro atoms. The van der Waals surface area contributed by atoms with E-state index in [-0.39, 0.29) is 5.75 Å². The van der Waals surface area contributed by atoms with Crippen LogP contribution in [0.15, 0.2) is 36.7 Å². The molecule has 24 heavy (non-hydrogen) atoms. The van der Waals surface area contributed by atoms with Gasteiger partial charge in [0.2, 0.25) is 0 Å². The first-order valence-electron chi connectivity index (χ1n) is 7.50. The molecular formula is C17H17F3N2O2. The van der Waals surface area contributed by atoms with E-state index in [4.69, 9.17) is 0 Å². The summed E-state index contributed by atoms with van der Waals surface area (Å²) in [5.41, 5.74) is -1.35. The molecule has 0 bridgehead atoms. The Balaban J connectivity index is 1.97. The smallest absolute Gasteiger partial charge is 0.433 e. The third-order valence-electron chi connectivity index (χ3n) is 4.43.